The molecule has 0 aliphatic carbocycles. The van der Waals surface area contributed by atoms with E-state index in [0.29, 0.717) is 29.1 Å². The Morgan fingerprint density at radius 3 is 2.59 bits per heavy atom. The number of carbonyl (C=O) groups is 1. The summed E-state index contributed by atoms with van der Waals surface area (Å²) < 4.78 is 45.7. The number of hydrogen-bond donors (Lipinski definition) is 1. The van der Waals surface area contributed by atoms with Gasteiger partial charge in [0.1, 0.15) is 11.6 Å². The number of furan rings is 1. The molecule has 0 saturated carbocycles. The van der Waals surface area contributed by atoms with Crippen molar-refractivity contribution in [3.63, 3.8) is 0 Å². The number of aromatic nitrogens is 2. The lowest BCUT2D eigenvalue weighted by Gasteiger charge is -2.34. The number of sulfonamides is 1. The van der Waals surface area contributed by atoms with Crippen molar-refractivity contribution >= 4 is 44.2 Å². The molecule has 3 heterocycles. The van der Waals surface area contributed by atoms with E-state index in [1.54, 1.807) is 11.2 Å². The summed E-state index contributed by atoms with van der Waals surface area (Å²) >= 11 is 2.64. The number of anilines is 1. The van der Waals surface area contributed by atoms with Crippen LogP contribution >= 0.6 is 23.1 Å². The zero-order valence-corrected chi connectivity index (χ0v) is 19.3. The van der Waals surface area contributed by atoms with Crippen LogP contribution in [0.15, 0.2) is 56.3 Å². The first-order valence-corrected chi connectivity index (χ1v) is 12.9. The van der Waals surface area contributed by atoms with Gasteiger partial charge >= 0.3 is 0 Å². The fraction of sp³-hybridized carbons (Fsp3) is 0.316. The van der Waals surface area contributed by atoms with E-state index in [4.69, 9.17) is 4.42 Å². The number of carbonyl (C=O) groups excluding carboxylic acids is 1. The van der Waals surface area contributed by atoms with Crippen molar-refractivity contribution in [2.75, 3.05) is 37.2 Å². The molecule has 0 radical (unpaired) electrons. The smallest absolute Gasteiger partial charge is 0.243 e. The number of nitrogens with one attached hydrogen (secondary N) is 1. The van der Waals surface area contributed by atoms with Gasteiger partial charge in [0, 0.05) is 26.2 Å². The van der Waals surface area contributed by atoms with Gasteiger partial charge in [-0.15, -0.1) is 10.2 Å². The van der Waals surface area contributed by atoms with Gasteiger partial charge in [0.2, 0.25) is 21.1 Å². The van der Waals surface area contributed by atoms with E-state index in [1.807, 2.05) is 12.1 Å². The van der Waals surface area contributed by atoms with Crippen LogP contribution in [0, 0.1) is 5.82 Å². The minimum Gasteiger partial charge on any atom is -0.467 e. The molecule has 0 spiro atoms. The molecule has 32 heavy (non-hydrogen) atoms. The molecule has 9 nitrogen and oxygen atoms in total. The Morgan fingerprint density at radius 2 is 1.91 bits per heavy atom. The molecule has 0 bridgehead atoms. The molecule has 1 saturated heterocycles. The van der Waals surface area contributed by atoms with Gasteiger partial charge in [0.15, 0.2) is 4.34 Å². The maximum atomic E-state index is 13.1. The zero-order valence-electron chi connectivity index (χ0n) is 16.8. The summed E-state index contributed by atoms with van der Waals surface area (Å²) in [7, 11) is -3.71. The van der Waals surface area contributed by atoms with Gasteiger partial charge in [-0.25, -0.2) is 12.8 Å². The van der Waals surface area contributed by atoms with Crippen molar-refractivity contribution in [2.24, 2.45) is 0 Å². The maximum absolute atomic E-state index is 13.1. The summed E-state index contributed by atoms with van der Waals surface area (Å²) in [5.74, 6) is 0.393. The van der Waals surface area contributed by atoms with E-state index in [-0.39, 0.29) is 29.6 Å². The molecule has 1 fully saturated rings. The molecule has 1 amide bonds. The summed E-state index contributed by atoms with van der Waals surface area (Å²) in [6, 6.07) is 8.40. The second-order valence-electron chi connectivity index (χ2n) is 6.83. The number of amides is 1. The Kier molecular flexibility index (Phi) is 7.08. The number of thioether (sulfide) groups is 1. The van der Waals surface area contributed by atoms with Crippen LogP contribution in [0.25, 0.3) is 0 Å². The van der Waals surface area contributed by atoms with E-state index in [0.717, 1.165) is 17.9 Å². The number of nitrogens with zero attached hydrogens (tertiary/aromatic N) is 4. The molecule has 0 atom stereocenters. The maximum Gasteiger partial charge on any atom is 0.243 e. The predicted octanol–water partition coefficient (Wildman–Crippen LogP) is 2.51. The van der Waals surface area contributed by atoms with Gasteiger partial charge in [-0.3, -0.25) is 4.79 Å². The summed E-state index contributed by atoms with van der Waals surface area (Å²) in [5, 5.41) is 11.9. The highest BCUT2D eigenvalue weighted by molar-refractivity contribution is 8.01. The van der Waals surface area contributed by atoms with Gasteiger partial charge < -0.3 is 14.6 Å². The Balaban J connectivity index is 1.24. The molecule has 1 aliphatic rings. The number of halogens is 1. The minimum absolute atomic E-state index is 0.0435. The monoisotopic (exact) mass is 497 g/mol. The molecule has 3 aromatic rings. The molecular formula is C19H20FN5O4S3. The Bertz CT molecular complexity index is 1140. The van der Waals surface area contributed by atoms with E-state index in [1.165, 1.54) is 39.5 Å². The van der Waals surface area contributed by atoms with Crippen LogP contribution in [0.3, 0.4) is 0 Å². The SMILES string of the molecule is O=C(CSc1nnc(NCc2ccco2)s1)N1CCN(S(=O)(=O)c2ccc(F)cc2)CC1. The molecule has 4 rings (SSSR count). The molecule has 0 unspecified atom stereocenters. The molecule has 1 aromatic carbocycles. The van der Waals surface area contributed by atoms with Gasteiger partial charge in [0.05, 0.1) is 23.5 Å². The predicted molar refractivity (Wildman–Crippen MR) is 118 cm³/mol. The first-order valence-electron chi connectivity index (χ1n) is 9.68. The van der Waals surface area contributed by atoms with E-state index >= 15 is 0 Å². The fourth-order valence-electron chi connectivity index (χ4n) is 3.06. The zero-order chi connectivity index (χ0) is 22.6. The molecule has 170 valence electrons. The van der Waals surface area contributed by atoms with Gasteiger partial charge in [-0.1, -0.05) is 23.1 Å². The van der Waals surface area contributed by atoms with Crippen LogP contribution in [0.1, 0.15) is 5.76 Å². The van der Waals surface area contributed by atoms with Gasteiger partial charge in [0.25, 0.3) is 0 Å². The van der Waals surface area contributed by atoms with Crippen molar-refractivity contribution in [3.05, 3.63) is 54.2 Å². The number of rotatable bonds is 8. The fourth-order valence-corrected chi connectivity index (χ4v) is 6.14. The Labute approximate surface area is 192 Å². The van der Waals surface area contributed by atoms with Crippen LogP contribution in [0.5, 0.6) is 0 Å². The van der Waals surface area contributed by atoms with Gasteiger partial charge in [-0.2, -0.15) is 4.31 Å². The molecule has 13 heteroatoms. The number of benzene rings is 1. The van der Waals surface area contributed by atoms with Crippen molar-refractivity contribution in [1.82, 2.24) is 19.4 Å². The summed E-state index contributed by atoms with van der Waals surface area (Å²) in [6.07, 6.45) is 1.60. The molecule has 1 aliphatic heterocycles. The first-order chi connectivity index (χ1) is 15.4. The van der Waals surface area contributed by atoms with Crippen LogP contribution in [0.4, 0.5) is 9.52 Å². The first kappa shape index (κ1) is 22.7. The van der Waals surface area contributed by atoms with E-state index in [9.17, 15) is 17.6 Å². The normalized spacial score (nSPS) is 15.1. The van der Waals surface area contributed by atoms with Crippen LogP contribution in [0.2, 0.25) is 0 Å². The Hall–Kier alpha value is -2.48. The standard InChI is InChI=1S/C19H20FN5O4S3/c20-14-3-5-16(6-4-14)32(27,28)25-9-7-24(8-10-25)17(26)13-30-19-23-22-18(31-19)21-12-15-2-1-11-29-15/h1-6,11H,7-10,12-13H2,(H,21,22). The lowest BCUT2D eigenvalue weighted by Crippen LogP contribution is -2.50. The van der Waals surface area contributed by atoms with Crippen molar-refractivity contribution in [3.8, 4) is 0 Å². The number of hydrogen-bond acceptors (Lipinski definition) is 9. The highest BCUT2D eigenvalue weighted by atomic mass is 32.2. The lowest BCUT2D eigenvalue weighted by atomic mass is 10.3. The number of piperazine rings is 1. The second kappa shape index (κ2) is 9.98. The molecule has 2 aromatic heterocycles. The topological polar surface area (TPSA) is 109 Å². The van der Waals surface area contributed by atoms with Crippen molar-refractivity contribution in [2.45, 2.75) is 15.8 Å². The largest absolute Gasteiger partial charge is 0.467 e. The molecular weight excluding hydrogens is 477 g/mol. The lowest BCUT2D eigenvalue weighted by molar-refractivity contribution is -0.129. The third-order valence-corrected chi connectivity index (χ3v) is 8.67. The van der Waals surface area contributed by atoms with E-state index in [2.05, 4.69) is 15.5 Å². The average molecular weight is 498 g/mol. The third-order valence-electron chi connectivity index (χ3n) is 4.76. The Morgan fingerprint density at radius 1 is 1.16 bits per heavy atom. The van der Waals surface area contributed by atoms with Crippen LogP contribution in [-0.2, 0) is 21.4 Å². The van der Waals surface area contributed by atoms with Crippen LogP contribution in [-0.4, -0.2) is 65.7 Å². The quantitative estimate of drug-likeness (QED) is 0.473. The average Bonchev–Trinajstić information content (AvgIpc) is 3.48. The summed E-state index contributed by atoms with van der Waals surface area (Å²) in [4.78, 5) is 14.2. The van der Waals surface area contributed by atoms with E-state index < -0.39 is 15.8 Å². The summed E-state index contributed by atoms with van der Waals surface area (Å²) in [5.41, 5.74) is 0. The highest BCUT2D eigenvalue weighted by Gasteiger charge is 2.30. The third kappa shape index (κ3) is 5.46. The van der Waals surface area contributed by atoms with Crippen molar-refractivity contribution in [1.29, 1.82) is 0 Å². The van der Waals surface area contributed by atoms with Crippen LogP contribution < -0.4 is 5.32 Å². The minimum atomic E-state index is -3.71. The molecule has 1 N–H and O–H groups in total. The highest BCUT2D eigenvalue weighted by Crippen LogP contribution is 2.26. The van der Waals surface area contributed by atoms with Gasteiger partial charge in [-0.05, 0) is 36.4 Å². The second-order valence-corrected chi connectivity index (χ2v) is 11.0. The van der Waals surface area contributed by atoms with Crippen molar-refractivity contribution < 1.29 is 22.0 Å². The summed E-state index contributed by atoms with van der Waals surface area (Å²) in [6.45, 7) is 1.47.